The largest absolute Gasteiger partial charge is 0.308 e. The number of nitrogens with one attached hydrogen (secondary N) is 1. The number of rotatable bonds is 6. The van der Waals surface area contributed by atoms with Crippen molar-refractivity contribution in [2.75, 3.05) is 7.05 Å². The second kappa shape index (κ2) is 5.08. The average Bonchev–Trinajstić information content (AvgIpc) is 2.05. The molecule has 0 saturated heterocycles. The van der Waals surface area contributed by atoms with Crippen molar-refractivity contribution in [3.8, 4) is 0 Å². The number of carbonyl (C=O) groups excluding carboxylic acids is 1. The molecule has 0 heterocycles. The summed E-state index contributed by atoms with van der Waals surface area (Å²) >= 11 is 0. The molecule has 0 aromatic rings. The van der Waals surface area contributed by atoms with Gasteiger partial charge in [-0.2, -0.15) is 0 Å². The SMILES string of the molecule is C=CCCC[C@](C)(C=O)NC. The minimum Gasteiger partial charge on any atom is -0.308 e. The normalized spacial score (nSPS) is 15.5. The molecule has 0 aromatic carbocycles. The second-order valence-corrected chi connectivity index (χ2v) is 2.97. The van der Waals surface area contributed by atoms with E-state index in [2.05, 4.69) is 11.9 Å². The van der Waals surface area contributed by atoms with Crippen molar-refractivity contribution in [3.05, 3.63) is 12.7 Å². The predicted molar refractivity (Wildman–Crippen MR) is 47.6 cm³/mol. The Morgan fingerprint density at radius 1 is 1.64 bits per heavy atom. The molecule has 0 aliphatic heterocycles. The van der Waals surface area contributed by atoms with E-state index in [0.717, 1.165) is 25.5 Å². The summed E-state index contributed by atoms with van der Waals surface area (Å²) in [6.07, 6.45) is 5.71. The summed E-state index contributed by atoms with van der Waals surface area (Å²) in [6.45, 7) is 5.53. The zero-order chi connectivity index (χ0) is 8.74. The van der Waals surface area contributed by atoms with Gasteiger partial charge < -0.3 is 10.1 Å². The first-order valence-electron chi connectivity index (χ1n) is 3.94. The smallest absolute Gasteiger partial charge is 0.139 e. The fourth-order valence-electron chi connectivity index (χ4n) is 0.856. The van der Waals surface area contributed by atoms with Gasteiger partial charge in [-0.3, -0.25) is 0 Å². The summed E-state index contributed by atoms with van der Waals surface area (Å²) in [5, 5.41) is 2.98. The Bertz CT molecular complexity index is 134. The lowest BCUT2D eigenvalue weighted by Crippen LogP contribution is -2.41. The van der Waals surface area contributed by atoms with Crippen molar-refractivity contribution in [1.29, 1.82) is 0 Å². The van der Waals surface area contributed by atoms with E-state index < -0.39 is 0 Å². The number of hydrogen-bond acceptors (Lipinski definition) is 2. The Morgan fingerprint density at radius 2 is 2.27 bits per heavy atom. The maximum Gasteiger partial charge on any atom is 0.139 e. The highest BCUT2D eigenvalue weighted by Gasteiger charge is 2.18. The lowest BCUT2D eigenvalue weighted by Gasteiger charge is -2.21. The highest BCUT2D eigenvalue weighted by molar-refractivity contribution is 5.63. The van der Waals surface area contributed by atoms with Crippen LogP contribution in [0.2, 0.25) is 0 Å². The maximum atomic E-state index is 10.6. The number of likely N-dealkylation sites (N-methyl/N-ethyl adjacent to an activating group) is 1. The van der Waals surface area contributed by atoms with Gasteiger partial charge in [0.25, 0.3) is 0 Å². The van der Waals surface area contributed by atoms with E-state index in [4.69, 9.17) is 0 Å². The highest BCUT2D eigenvalue weighted by atomic mass is 16.1. The van der Waals surface area contributed by atoms with E-state index in [1.165, 1.54) is 0 Å². The molecule has 0 bridgehead atoms. The number of aldehydes is 1. The molecule has 0 fully saturated rings. The molecule has 0 aromatic heterocycles. The van der Waals surface area contributed by atoms with E-state index in [1.54, 1.807) is 0 Å². The van der Waals surface area contributed by atoms with Crippen molar-refractivity contribution in [2.24, 2.45) is 0 Å². The van der Waals surface area contributed by atoms with Gasteiger partial charge in [0.2, 0.25) is 0 Å². The van der Waals surface area contributed by atoms with E-state index in [-0.39, 0.29) is 5.54 Å². The molecule has 11 heavy (non-hydrogen) atoms. The lowest BCUT2D eigenvalue weighted by molar-refractivity contribution is -0.112. The summed E-state index contributed by atoms with van der Waals surface area (Å²) in [5.74, 6) is 0. The quantitative estimate of drug-likeness (QED) is 0.358. The molecule has 0 rings (SSSR count). The van der Waals surface area contributed by atoms with Crippen molar-refractivity contribution >= 4 is 6.29 Å². The molecule has 0 unspecified atom stereocenters. The fraction of sp³-hybridized carbons (Fsp3) is 0.667. The zero-order valence-electron chi connectivity index (χ0n) is 7.39. The molecule has 64 valence electrons. The summed E-state index contributed by atoms with van der Waals surface area (Å²) in [5.41, 5.74) is -0.344. The molecule has 1 N–H and O–H groups in total. The molecule has 1 atom stereocenters. The van der Waals surface area contributed by atoms with Gasteiger partial charge >= 0.3 is 0 Å². The number of allylic oxidation sites excluding steroid dienone is 1. The highest BCUT2D eigenvalue weighted by Crippen LogP contribution is 2.10. The van der Waals surface area contributed by atoms with Gasteiger partial charge in [-0.25, -0.2) is 0 Å². The van der Waals surface area contributed by atoms with Crippen LogP contribution in [0.25, 0.3) is 0 Å². The Labute approximate surface area is 68.7 Å². The molecule has 0 radical (unpaired) electrons. The molecule has 2 nitrogen and oxygen atoms in total. The number of carbonyl (C=O) groups is 1. The van der Waals surface area contributed by atoms with Crippen molar-refractivity contribution in [2.45, 2.75) is 31.7 Å². The van der Waals surface area contributed by atoms with E-state index in [0.29, 0.717) is 0 Å². The van der Waals surface area contributed by atoms with Gasteiger partial charge in [-0.15, -0.1) is 6.58 Å². The second-order valence-electron chi connectivity index (χ2n) is 2.97. The van der Waals surface area contributed by atoms with Gasteiger partial charge in [0.1, 0.15) is 6.29 Å². The van der Waals surface area contributed by atoms with Gasteiger partial charge in [0.05, 0.1) is 5.54 Å². The third-order valence-electron chi connectivity index (χ3n) is 1.94. The van der Waals surface area contributed by atoms with Crippen LogP contribution in [0.3, 0.4) is 0 Å². The van der Waals surface area contributed by atoms with E-state index >= 15 is 0 Å². The Balaban J connectivity index is 3.68. The van der Waals surface area contributed by atoms with Crippen LogP contribution in [-0.4, -0.2) is 18.9 Å². The first-order chi connectivity index (χ1) is 5.18. The molecule has 0 spiro atoms. The third kappa shape index (κ3) is 3.94. The van der Waals surface area contributed by atoms with Crippen LogP contribution < -0.4 is 5.32 Å². The number of hydrogen-bond donors (Lipinski definition) is 1. The third-order valence-corrected chi connectivity index (χ3v) is 1.94. The number of unbranched alkanes of at least 4 members (excludes halogenated alkanes) is 1. The Kier molecular flexibility index (Phi) is 4.79. The minimum atomic E-state index is -0.344. The standard InChI is InChI=1S/C9H17NO/c1-4-5-6-7-9(2,8-11)10-3/h4,8,10H,1,5-7H2,2-3H3/t9-/m1/s1. The summed E-state index contributed by atoms with van der Waals surface area (Å²) in [4.78, 5) is 10.6. The Morgan fingerprint density at radius 3 is 2.64 bits per heavy atom. The maximum absolute atomic E-state index is 10.6. The van der Waals surface area contributed by atoms with Crippen LogP contribution in [0.4, 0.5) is 0 Å². The molecular formula is C9H17NO. The van der Waals surface area contributed by atoms with Crippen LogP contribution in [0, 0.1) is 0 Å². The van der Waals surface area contributed by atoms with Gasteiger partial charge in [0, 0.05) is 0 Å². The van der Waals surface area contributed by atoms with Gasteiger partial charge in [-0.1, -0.05) is 6.08 Å². The first-order valence-corrected chi connectivity index (χ1v) is 3.94. The van der Waals surface area contributed by atoms with E-state index in [1.807, 2.05) is 20.0 Å². The van der Waals surface area contributed by atoms with Crippen LogP contribution in [0.5, 0.6) is 0 Å². The summed E-state index contributed by atoms with van der Waals surface area (Å²) in [7, 11) is 1.81. The van der Waals surface area contributed by atoms with Crippen LogP contribution in [0.1, 0.15) is 26.2 Å². The molecular weight excluding hydrogens is 138 g/mol. The first kappa shape index (κ1) is 10.4. The Hall–Kier alpha value is -0.630. The average molecular weight is 155 g/mol. The summed E-state index contributed by atoms with van der Waals surface area (Å²) < 4.78 is 0. The predicted octanol–water partition coefficient (Wildman–Crippen LogP) is 1.52. The van der Waals surface area contributed by atoms with Crippen molar-refractivity contribution in [1.82, 2.24) is 5.32 Å². The van der Waals surface area contributed by atoms with Crippen LogP contribution in [0.15, 0.2) is 12.7 Å². The molecule has 0 amide bonds. The van der Waals surface area contributed by atoms with Gasteiger partial charge in [0.15, 0.2) is 0 Å². The van der Waals surface area contributed by atoms with Crippen molar-refractivity contribution in [3.63, 3.8) is 0 Å². The van der Waals surface area contributed by atoms with E-state index in [9.17, 15) is 4.79 Å². The lowest BCUT2D eigenvalue weighted by atomic mass is 9.97. The van der Waals surface area contributed by atoms with Gasteiger partial charge in [-0.05, 0) is 33.2 Å². The molecule has 0 aliphatic rings. The minimum absolute atomic E-state index is 0.344. The molecule has 0 aliphatic carbocycles. The van der Waals surface area contributed by atoms with Crippen LogP contribution >= 0.6 is 0 Å². The fourth-order valence-corrected chi connectivity index (χ4v) is 0.856. The topological polar surface area (TPSA) is 29.1 Å². The van der Waals surface area contributed by atoms with Crippen LogP contribution in [-0.2, 0) is 4.79 Å². The molecule has 0 saturated carbocycles. The molecule has 2 heteroatoms. The van der Waals surface area contributed by atoms with Crippen molar-refractivity contribution < 1.29 is 4.79 Å². The summed E-state index contributed by atoms with van der Waals surface area (Å²) in [6, 6.07) is 0. The monoisotopic (exact) mass is 155 g/mol. The zero-order valence-corrected chi connectivity index (χ0v) is 7.39.